The number of piperazine rings is 1. The first-order chi connectivity index (χ1) is 14.5. The van der Waals surface area contributed by atoms with E-state index in [-0.39, 0.29) is 17.9 Å². The van der Waals surface area contributed by atoms with Crippen molar-refractivity contribution in [3.63, 3.8) is 0 Å². The molecule has 0 unspecified atom stereocenters. The van der Waals surface area contributed by atoms with Crippen molar-refractivity contribution in [3.8, 4) is 5.75 Å². The molecule has 0 N–H and O–H groups in total. The van der Waals surface area contributed by atoms with E-state index in [1.807, 2.05) is 64.4 Å². The van der Waals surface area contributed by atoms with Crippen LogP contribution in [0.15, 0.2) is 54.6 Å². The molecular weight excluding hydrogens is 376 g/mol. The highest BCUT2D eigenvalue weighted by Crippen LogP contribution is 2.44. The Labute approximate surface area is 178 Å². The minimum Gasteiger partial charge on any atom is -0.497 e. The fourth-order valence-corrected chi connectivity index (χ4v) is 5.12. The van der Waals surface area contributed by atoms with Gasteiger partial charge in [0, 0.05) is 26.6 Å². The molecule has 1 saturated carbocycles. The molecule has 0 aromatic heterocycles. The van der Waals surface area contributed by atoms with Gasteiger partial charge in [-0.1, -0.05) is 55.3 Å². The molecule has 2 aromatic carbocycles. The zero-order valence-corrected chi connectivity index (χ0v) is 17.8. The zero-order valence-electron chi connectivity index (χ0n) is 17.8. The van der Waals surface area contributed by atoms with E-state index in [4.69, 9.17) is 4.74 Å². The largest absolute Gasteiger partial charge is 0.497 e. The number of rotatable bonds is 4. The van der Waals surface area contributed by atoms with E-state index in [0.717, 1.165) is 42.6 Å². The number of carbonyl (C=O) groups excluding carboxylic acids is 2. The van der Waals surface area contributed by atoms with E-state index in [9.17, 15) is 9.59 Å². The lowest BCUT2D eigenvalue weighted by Crippen LogP contribution is -2.55. The van der Waals surface area contributed by atoms with Crippen LogP contribution < -0.4 is 4.74 Å². The zero-order chi connectivity index (χ0) is 21.1. The summed E-state index contributed by atoms with van der Waals surface area (Å²) in [5.74, 6) is 1.06. The summed E-state index contributed by atoms with van der Waals surface area (Å²) in [7, 11) is 1.66. The minimum atomic E-state index is -0.466. The maximum atomic E-state index is 13.9. The molecule has 1 atom stereocenters. The number of hydrogen-bond acceptors (Lipinski definition) is 3. The average molecular weight is 407 g/mol. The summed E-state index contributed by atoms with van der Waals surface area (Å²) in [6.07, 6.45) is 3.88. The van der Waals surface area contributed by atoms with E-state index >= 15 is 0 Å². The third kappa shape index (κ3) is 3.69. The number of carbonyl (C=O) groups is 2. The van der Waals surface area contributed by atoms with Crippen LogP contribution >= 0.6 is 0 Å². The van der Waals surface area contributed by atoms with E-state index in [1.54, 1.807) is 14.0 Å². The fourth-order valence-electron chi connectivity index (χ4n) is 5.12. The smallest absolute Gasteiger partial charge is 0.233 e. The summed E-state index contributed by atoms with van der Waals surface area (Å²) in [6, 6.07) is 17.9. The van der Waals surface area contributed by atoms with Gasteiger partial charge < -0.3 is 14.5 Å². The summed E-state index contributed by atoms with van der Waals surface area (Å²) in [5.41, 5.74) is 1.69. The SMILES string of the molecule is COc1ccc(C2(C(=O)N3CCN(C(C)=O)[C@@H](c4ccccc4)C3)CCCC2)cc1. The van der Waals surface area contributed by atoms with E-state index in [2.05, 4.69) is 0 Å². The summed E-state index contributed by atoms with van der Waals surface area (Å²) in [5, 5.41) is 0. The third-order valence-electron chi connectivity index (χ3n) is 6.77. The van der Waals surface area contributed by atoms with Crippen molar-refractivity contribution in [2.24, 2.45) is 0 Å². The summed E-state index contributed by atoms with van der Waals surface area (Å²) in [4.78, 5) is 30.1. The van der Waals surface area contributed by atoms with Crippen LogP contribution in [0, 0.1) is 0 Å². The van der Waals surface area contributed by atoms with Gasteiger partial charge in [0.2, 0.25) is 11.8 Å². The van der Waals surface area contributed by atoms with Crippen LogP contribution in [-0.4, -0.2) is 48.4 Å². The number of nitrogens with zero attached hydrogens (tertiary/aromatic N) is 2. The summed E-state index contributed by atoms with van der Waals surface area (Å²) >= 11 is 0. The number of ether oxygens (including phenoxy) is 1. The van der Waals surface area contributed by atoms with Gasteiger partial charge in [0.05, 0.1) is 18.6 Å². The topological polar surface area (TPSA) is 49.9 Å². The molecule has 1 aliphatic carbocycles. The van der Waals surface area contributed by atoms with Crippen LogP contribution in [0.1, 0.15) is 49.8 Å². The first-order valence-electron chi connectivity index (χ1n) is 10.8. The summed E-state index contributed by atoms with van der Waals surface area (Å²) < 4.78 is 5.31. The van der Waals surface area contributed by atoms with Gasteiger partial charge in [-0.25, -0.2) is 0 Å². The molecular formula is C25H30N2O3. The molecule has 1 heterocycles. The number of methoxy groups -OCH3 is 1. The van der Waals surface area contributed by atoms with E-state index < -0.39 is 5.41 Å². The maximum Gasteiger partial charge on any atom is 0.233 e. The quantitative estimate of drug-likeness (QED) is 0.773. The molecule has 0 bridgehead atoms. The molecule has 0 spiro atoms. The lowest BCUT2D eigenvalue weighted by atomic mass is 9.77. The van der Waals surface area contributed by atoms with Crippen LogP contribution in [0.25, 0.3) is 0 Å². The Hall–Kier alpha value is -2.82. The highest BCUT2D eigenvalue weighted by Gasteiger charge is 2.46. The molecule has 1 saturated heterocycles. The lowest BCUT2D eigenvalue weighted by molar-refractivity contribution is -0.145. The first kappa shape index (κ1) is 20.5. The summed E-state index contributed by atoms with van der Waals surface area (Å²) in [6.45, 7) is 3.31. The molecule has 5 nitrogen and oxygen atoms in total. The molecule has 4 rings (SSSR count). The molecule has 2 fully saturated rings. The van der Waals surface area contributed by atoms with Gasteiger partial charge in [-0.15, -0.1) is 0 Å². The minimum absolute atomic E-state index is 0.0571. The number of benzene rings is 2. The van der Waals surface area contributed by atoms with Gasteiger partial charge in [-0.3, -0.25) is 9.59 Å². The molecule has 30 heavy (non-hydrogen) atoms. The lowest BCUT2D eigenvalue weighted by Gasteiger charge is -2.44. The van der Waals surface area contributed by atoms with Crippen molar-refractivity contribution in [1.29, 1.82) is 0 Å². The molecule has 2 amide bonds. The first-order valence-corrected chi connectivity index (χ1v) is 10.8. The molecule has 158 valence electrons. The predicted octanol–water partition coefficient (Wildman–Crippen LogP) is 3.94. The van der Waals surface area contributed by atoms with Gasteiger partial charge in [-0.05, 0) is 36.1 Å². The van der Waals surface area contributed by atoms with Gasteiger partial charge in [0.15, 0.2) is 0 Å². The van der Waals surface area contributed by atoms with Crippen LogP contribution in [0.2, 0.25) is 0 Å². The molecule has 2 aromatic rings. The van der Waals surface area contributed by atoms with Gasteiger partial charge in [-0.2, -0.15) is 0 Å². The highest BCUT2D eigenvalue weighted by molar-refractivity contribution is 5.89. The molecule has 5 heteroatoms. The Balaban J connectivity index is 1.63. The van der Waals surface area contributed by atoms with E-state index in [1.165, 1.54) is 0 Å². The molecule has 2 aliphatic rings. The van der Waals surface area contributed by atoms with Crippen LogP contribution in [-0.2, 0) is 15.0 Å². The number of hydrogen-bond donors (Lipinski definition) is 0. The van der Waals surface area contributed by atoms with Gasteiger partial charge in [0.1, 0.15) is 5.75 Å². The van der Waals surface area contributed by atoms with Crippen LogP contribution in [0.5, 0.6) is 5.75 Å². The Bertz CT molecular complexity index is 888. The fraction of sp³-hybridized carbons (Fsp3) is 0.440. The van der Waals surface area contributed by atoms with Crippen LogP contribution in [0.3, 0.4) is 0 Å². The van der Waals surface area contributed by atoms with Crippen molar-refractivity contribution in [3.05, 3.63) is 65.7 Å². The Kier molecular flexibility index (Phi) is 5.80. The second-order valence-electron chi connectivity index (χ2n) is 8.41. The standard InChI is InChI=1S/C25H30N2O3/c1-19(28)27-17-16-26(18-23(27)20-8-4-3-5-9-20)24(29)25(14-6-7-15-25)21-10-12-22(30-2)13-11-21/h3-5,8-13,23H,6-7,14-18H2,1-2H3/t23-/m1/s1. The Morgan fingerprint density at radius 1 is 0.967 bits per heavy atom. The van der Waals surface area contributed by atoms with Crippen molar-refractivity contribution < 1.29 is 14.3 Å². The van der Waals surface area contributed by atoms with Gasteiger partial charge in [0.25, 0.3) is 0 Å². The van der Waals surface area contributed by atoms with Gasteiger partial charge >= 0.3 is 0 Å². The second-order valence-corrected chi connectivity index (χ2v) is 8.41. The van der Waals surface area contributed by atoms with Crippen molar-refractivity contribution >= 4 is 11.8 Å². The monoisotopic (exact) mass is 406 g/mol. The Morgan fingerprint density at radius 2 is 1.63 bits per heavy atom. The maximum absolute atomic E-state index is 13.9. The van der Waals surface area contributed by atoms with Crippen LogP contribution in [0.4, 0.5) is 0 Å². The van der Waals surface area contributed by atoms with Crippen molar-refractivity contribution in [2.45, 2.75) is 44.1 Å². The predicted molar refractivity (Wildman–Crippen MR) is 116 cm³/mol. The third-order valence-corrected chi connectivity index (χ3v) is 6.77. The Morgan fingerprint density at radius 3 is 2.23 bits per heavy atom. The normalized spacial score (nSPS) is 20.8. The number of amides is 2. The molecule has 0 radical (unpaired) electrons. The highest BCUT2D eigenvalue weighted by atomic mass is 16.5. The van der Waals surface area contributed by atoms with E-state index in [0.29, 0.717) is 19.6 Å². The average Bonchev–Trinajstić information content (AvgIpc) is 3.30. The van der Waals surface area contributed by atoms with Crippen molar-refractivity contribution in [2.75, 3.05) is 26.7 Å². The van der Waals surface area contributed by atoms with Crippen molar-refractivity contribution in [1.82, 2.24) is 9.80 Å². The second kappa shape index (κ2) is 8.50. The molecule has 1 aliphatic heterocycles.